The van der Waals surface area contributed by atoms with Crippen LogP contribution in [0.5, 0.6) is 0 Å². The van der Waals surface area contributed by atoms with Gasteiger partial charge >= 0.3 is 0 Å². The summed E-state index contributed by atoms with van der Waals surface area (Å²) in [6, 6.07) is 7.98. The molecule has 1 aromatic rings. The van der Waals surface area contributed by atoms with E-state index in [2.05, 4.69) is 19.1 Å². The minimum atomic E-state index is 0.247. The number of rotatable bonds is 1. The van der Waals surface area contributed by atoms with E-state index in [9.17, 15) is 0 Å². The van der Waals surface area contributed by atoms with Crippen molar-refractivity contribution in [2.45, 2.75) is 19.8 Å². The smallest absolute Gasteiger partial charge is 0.0991 e. The first-order valence-corrected chi connectivity index (χ1v) is 3.98. The molecular formula is C11H12N. The van der Waals surface area contributed by atoms with Crippen LogP contribution in [0.15, 0.2) is 18.2 Å². The quantitative estimate of drug-likeness (QED) is 0.616. The fraction of sp³-hybridized carbons (Fsp3) is 0.273. The molecule has 0 fully saturated rings. The third-order valence-corrected chi connectivity index (χ3v) is 1.80. The van der Waals surface area contributed by atoms with Gasteiger partial charge in [-0.25, -0.2) is 0 Å². The van der Waals surface area contributed by atoms with Crippen molar-refractivity contribution in [3.63, 3.8) is 0 Å². The van der Waals surface area contributed by atoms with Crippen LogP contribution in [0.2, 0.25) is 0 Å². The molecule has 0 amide bonds. The van der Waals surface area contributed by atoms with Crippen LogP contribution in [-0.2, 0) is 0 Å². The van der Waals surface area contributed by atoms with Gasteiger partial charge in [-0.3, -0.25) is 0 Å². The summed E-state index contributed by atoms with van der Waals surface area (Å²) in [5.41, 5.74) is 2.98. The molecule has 0 heterocycles. The maximum absolute atomic E-state index is 8.70. The predicted octanol–water partition coefficient (Wildman–Crippen LogP) is 2.80. The second kappa shape index (κ2) is 3.40. The lowest BCUT2D eigenvalue weighted by atomic mass is 9.99. The molecule has 1 heteroatoms. The van der Waals surface area contributed by atoms with E-state index in [1.54, 1.807) is 0 Å². The van der Waals surface area contributed by atoms with E-state index in [0.717, 1.165) is 16.7 Å². The van der Waals surface area contributed by atoms with E-state index in [0.29, 0.717) is 0 Å². The van der Waals surface area contributed by atoms with Crippen molar-refractivity contribution in [1.82, 2.24) is 0 Å². The highest BCUT2D eigenvalue weighted by Gasteiger charge is 2.01. The van der Waals surface area contributed by atoms with E-state index in [1.165, 1.54) is 0 Å². The number of hydrogen-bond acceptors (Lipinski definition) is 1. The molecular weight excluding hydrogens is 146 g/mol. The lowest BCUT2D eigenvalue weighted by Gasteiger charge is -2.06. The molecule has 12 heavy (non-hydrogen) atoms. The average Bonchev–Trinajstić information content (AvgIpc) is 2.03. The molecule has 0 aliphatic heterocycles. The zero-order valence-corrected chi connectivity index (χ0v) is 7.46. The molecule has 0 spiro atoms. The van der Waals surface area contributed by atoms with Crippen molar-refractivity contribution in [2.75, 3.05) is 0 Å². The van der Waals surface area contributed by atoms with Crippen LogP contribution in [0.1, 0.15) is 29.5 Å². The molecule has 61 valence electrons. The third kappa shape index (κ3) is 1.85. The summed E-state index contributed by atoms with van der Waals surface area (Å²) >= 11 is 0. The molecule has 1 radical (unpaired) electrons. The van der Waals surface area contributed by atoms with Gasteiger partial charge in [0.25, 0.3) is 0 Å². The van der Waals surface area contributed by atoms with E-state index >= 15 is 0 Å². The average molecular weight is 158 g/mol. The van der Waals surface area contributed by atoms with Crippen molar-refractivity contribution >= 4 is 0 Å². The monoisotopic (exact) mass is 158 g/mol. The van der Waals surface area contributed by atoms with Gasteiger partial charge in [0.2, 0.25) is 0 Å². The van der Waals surface area contributed by atoms with Gasteiger partial charge in [-0.2, -0.15) is 5.26 Å². The number of nitrogens with zero attached hydrogens (tertiary/aromatic N) is 1. The summed E-state index contributed by atoms with van der Waals surface area (Å²) in [4.78, 5) is 0. The Hall–Kier alpha value is -1.29. The first kappa shape index (κ1) is 8.80. The van der Waals surface area contributed by atoms with Crippen LogP contribution in [0.4, 0.5) is 0 Å². The van der Waals surface area contributed by atoms with Crippen LogP contribution in [0, 0.1) is 25.2 Å². The van der Waals surface area contributed by atoms with Crippen molar-refractivity contribution in [1.29, 1.82) is 5.26 Å². The van der Waals surface area contributed by atoms with Crippen LogP contribution in [0.25, 0.3) is 0 Å². The SMILES string of the molecule is [CH2]C(C)c1cc(C)cc(C#N)c1. The van der Waals surface area contributed by atoms with Crippen molar-refractivity contribution in [2.24, 2.45) is 0 Å². The van der Waals surface area contributed by atoms with Gasteiger partial charge < -0.3 is 0 Å². The molecule has 1 aromatic carbocycles. The second-order valence-electron chi connectivity index (χ2n) is 3.15. The first-order chi connectivity index (χ1) is 5.63. The molecule has 0 bridgehead atoms. The van der Waals surface area contributed by atoms with E-state index in [4.69, 9.17) is 5.26 Å². The Morgan fingerprint density at radius 2 is 2.08 bits per heavy atom. The summed E-state index contributed by atoms with van der Waals surface area (Å²) in [7, 11) is 0. The highest BCUT2D eigenvalue weighted by atomic mass is 14.2. The third-order valence-electron chi connectivity index (χ3n) is 1.80. The largest absolute Gasteiger partial charge is 0.192 e. The topological polar surface area (TPSA) is 23.8 Å². The Balaban J connectivity index is 3.17. The summed E-state index contributed by atoms with van der Waals surface area (Å²) in [6.45, 7) is 7.93. The molecule has 0 N–H and O–H groups in total. The molecule has 0 saturated heterocycles. The highest BCUT2D eigenvalue weighted by molar-refractivity contribution is 5.38. The van der Waals surface area contributed by atoms with Gasteiger partial charge in [0.05, 0.1) is 11.6 Å². The Bertz CT molecular complexity index is 318. The Morgan fingerprint density at radius 1 is 1.42 bits per heavy atom. The molecule has 1 unspecified atom stereocenters. The fourth-order valence-electron chi connectivity index (χ4n) is 1.16. The van der Waals surface area contributed by atoms with Crippen LogP contribution in [0.3, 0.4) is 0 Å². The van der Waals surface area contributed by atoms with Crippen molar-refractivity contribution < 1.29 is 0 Å². The molecule has 1 atom stereocenters. The zero-order valence-electron chi connectivity index (χ0n) is 7.46. The molecule has 1 rings (SSSR count). The van der Waals surface area contributed by atoms with Crippen molar-refractivity contribution in [3.8, 4) is 6.07 Å². The maximum atomic E-state index is 8.70. The first-order valence-electron chi connectivity index (χ1n) is 3.98. The lowest BCUT2D eigenvalue weighted by molar-refractivity contribution is 0.960. The summed E-state index contributed by atoms with van der Waals surface area (Å²) in [5.74, 6) is 0.247. The van der Waals surface area contributed by atoms with Gasteiger partial charge in [0.15, 0.2) is 0 Å². The molecule has 0 saturated carbocycles. The summed E-state index contributed by atoms with van der Waals surface area (Å²) < 4.78 is 0. The molecule has 0 aliphatic carbocycles. The normalized spacial score (nSPS) is 9.92. The second-order valence-corrected chi connectivity index (χ2v) is 3.15. The van der Waals surface area contributed by atoms with Gasteiger partial charge in [0.1, 0.15) is 0 Å². The minimum Gasteiger partial charge on any atom is -0.192 e. The molecule has 0 aliphatic rings. The minimum absolute atomic E-state index is 0.247. The van der Waals surface area contributed by atoms with Gasteiger partial charge in [0, 0.05) is 0 Å². The van der Waals surface area contributed by atoms with Crippen LogP contribution in [-0.4, -0.2) is 0 Å². The maximum Gasteiger partial charge on any atom is 0.0991 e. The van der Waals surface area contributed by atoms with E-state index in [1.807, 2.05) is 26.0 Å². The Kier molecular flexibility index (Phi) is 2.50. The van der Waals surface area contributed by atoms with Gasteiger partial charge in [-0.15, -0.1) is 0 Å². The van der Waals surface area contributed by atoms with Crippen LogP contribution < -0.4 is 0 Å². The van der Waals surface area contributed by atoms with Gasteiger partial charge in [-0.05, 0) is 43.0 Å². The Labute approximate surface area is 73.6 Å². The predicted molar refractivity (Wildman–Crippen MR) is 49.7 cm³/mol. The number of hydrogen-bond donors (Lipinski definition) is 0. The zero-order chi connectivity index (χ0) is 9.14. The summed E-state index contributed by atoms with van der Waals surface area (Å²) in [5, 5.41) is 8.70. The fourth-order valence-corrected chi connectivity index (χ4v) is 1.16. The number of nitriles is 1. The number of benzene rings is 1. The number of aryl methyl sites for hydroxylation is 1. The van der Waals surface area contributed by atoms with Crippen LogP contribution >= 0.6 is 0 Å². The Morgan fingerprint density at radius 3 is 2.58 bits per heavy atom. The summed E-state index contributed by atoms with van der Waals surface area (Å²) in [6.07, 6.45) is 0. The van der Waals surface area contributed by atoms with E-state index in [-0.39, 0.29) is 5.92 Å². The highest BCUT2D eigenvalue weighted by Crippen LogP contribution is 2.17. The van der Waals surface area contributed by atoms with Crippen molar-refractivity contribution in [3.05, 3.63) is 41.8 Å². The van der Waals surface area contributed by atoms with E-state index < -0.39 is 0 Å². The standard InChI is InChI=1S/C11H12N/c1-8(2)11-5-9(3)4-10(6-11)7-12/h4-6,8H,1H2,2-3H3. The lowest BCUT2D eigenvalue weighted by Crippen LogP contribution is -1.90. The molecule has 0 aromatic heterocycles. The van der Waals surface area contributed by atoms with Gasteiger partial charge in [-0.1, -0.05) is 13.0 Å². The molecule has 1 nitrogen and oxygen atoms in total.